The zero-order valence-electron chi connectivity index (χ0n) is 16.5. The molecule has 2 aromatic rings. The van der Waals surface area contributed by atoms with Gasteiger partial charge >= 0.3 is 0 Å². The van der Waals surface area contributed by atoms with Gasteiger partial charge in [0.1, 0.15) is 5.82 Å². The molecule has 2 saturated heterocycles. The number of piperidine rings is 1. The highest BCUT2D eigenvalue weighted by atomic mass is 16.3. The fourth-order valence-electron chi connectivity index (χ4n) is 4.76. The topological polar surface area (TPSA) is 58.6 Å². The Morgan fingerprint density at radius 1 is 1.07 bits per heavy atom. The minimum absolute atomic E-state index is 0.288. The minimum atomic E-state index is 0.288. The number of likely N-dealkylation sites (tertiary alicyclic amines) is 1. The van der Waals surface area contributed by atoms with E-state index in [-0.39, 0.29) is 6.61 Å². The van der Waals surface area contributed by atoms with Gasteiger partial charge in [-0.1, -0.05) is 12.1 Å². The molecule has 0 saturated carbocycles. The van der Waals surface area contributed by atoms with Crippen molar-refractivity contribution in [3.05, 3.63) is 30.1 Å². The van der Waals surface area contributed by atoms with E-state index in [2.05, 4.69) is 38.9 Å². The molecule has 6 nitrogen and oxygen atoms in total. The van der Waals surface area contributed by atoms with E-state index in [1.165, 1.54) is 32.6 Å². The average Bonchev–Trinajstić information content (AvgIpc) is 2.96. The van der Waals surface area contributed by atoms with Gasteiger partial charge in [-0.25, -0.2) is 4.98 Å². The van der Waals surface area contributed by atoms with Crippen molar-refractivity contribution in [2.24, 2.45) is 11.8 Å². The van der Waals surface area contributed by atoms with Crippen LogP contribution in [0.5, 0.6) is 0 Å². The summed E-state index contributed by atoms with van der Waals surface area (Å²) in [6.07, 6.45) is 2.40. The number of para-hydroxylation sites is 2. The molecule has 148 valence electrons. The maximum Gasteiger partial charge on any atom is 0.121 e. The first-order valence-electron chi connectivity index (χ1n) is 10.4. The van der Waals surface area contributed by atoms with Crippen LogP contribution < -0.4 is 0 Å². The summed E-state index contributed by atoms with van der Waals surface area (Å²) in [5, 5.41) is 9.82. The van der Waals surface area contributed by atoms with Crippen LogP contribution in [0, 0.1) is 11.8 Å². The van der Waals surface area contributed by atoms with Crippen LogP contribution in [0.4, 0.5) is 0 Å². The van der Waals surface area contributed by atoms with Gasteiger partial charge in [0, 0.05) is 39.3 Å². The van der Waals surface area contributed by atoms with Crippen molar-refractivity contribution >= 4 is 11.0 Å². The predicted octanol–water partition coefficient (Wildman–Crippen LogP) is 1.63. The molecule has 2 atom stereocenters. The number of H-pyrrole nitrogens is 1. The van der Waals surface area contributed by atoms with Crippen LogP contribution in [0.1, 0.15) is 18.7 Å². The molecule has 1 aromatic heterocycles. The Hall–Kier alpha value is -1.47. The second kappa shape index (κ2) is 8.69. The Morgan fingerprint density at radius 2 is 1.93 bits per heavy atom. The van der Waals surface area contributed by atoms with Crippen molar-refractivity contribution in [2.75, 3.05) is 59.5 Å². The van der Waals surface area contributed by atoms with Gasteiger partial charge in [-0.3, -0.25) is 4.90 Å². The number of benzene rings is 1. The molecule has 0 bridgehead atoms. The van der Waals surface area contributed by atoms with Crippen molar-refractivity contribution in [1.29, 1.82) is 0 Å². The van der Waals surface area contributed by atoms with E-state index in [1.54, 1.807) is 0 Å². The average molecular weight is 372 g/mol. The summed E-state index contributed by atoms with van der Waals surface area (Å²) < 4.78 is 0. The molecule has 4 rings (SSSR count). The predicted molar refractivity (Wildman–Crippen MR) is 109 cm³/mol. The highest BCUT2D eigenvalue weighted by Gasteiger charge is 2.29. The third kappa shape index (κ3) is 4.88. The number of likely N-dealkylation sites (N-methyl/N-ethyl adjacent to an activating group) is 1. The van der Waals surface area contributed by atoms with Crippen LogP contribution in [-0.2, 0) is 6.54 Å². The van der Waals surface area contributed by atoms with Crippen LogP contribution >= 0.6 is 0 Å². The van der Waals surface area contributed by atoms with E-state index in [0.717, 1.165) is 49.5 Å². The van der Waals surface area contributed by atoms with Crippen LogP contribution in [0.3, 0.4) is 0 Å². The lowest BCUT2D eigenvalue weighted by Gasteiger charge is -2.38. The monoisotopic (exact) mass is 371 g/mol. The van der Waals surface area contributed by atoms with Gasteiger partial charge in [0.05, 0.1) is 17.6 Å². The number of hydrogen-bond acceptors (Lipinski definition) is 5. The van der Waals surface area contributed by atoms with Crippen molar-refractivity contribution in [2.45, 2.75) is 19.4 Å². The van der Waals surface area contributed by atoms with Crippen molar-refractivity contribution in [1.82, 2.24) is 24.7 Å². The molecule has 27 heavy (non-hydrogen) atoms. The molecule has 2 aliphatic rings. The Balaban J connectivity index is 1.39. The lowest BCUT2D eigenvalue weighted by atomic mass is 9.89. The molecule has 2 N–H and O–H groups in total. The van der Waals surface area contributed by atoms with Gasteiger partial charge in [0.15, 0.2) is 0 Å². The first kappa shape index (κ1) is 18.9. The third-order valence-corrected chi connectivity index (χ3v) is 6.10. The van der Waals surface area contributed by atoms with Gasteiger partial charge in [-0.05, 0) is 56.9 Å². The number of aliphatic hydroxyl groups is 1. The van der Waals surface area contributed by atoms with E-state index in [0.29, 0.717) is 11.8 Å². The number of imidazole rings is 1. The molecule has 0 radical (unpaired) electrons. The standard InChI is InChI=1S/C21H33N5O/c1-24-7-4-8-25(10-9-24)12-17-11-18(16-27)14-26(13-17)15-21-22-19-5-2-3-6-20(19)23-21/h2-3,5-6,17-18,27H,4,7-16H2,1H3,(H,22,23)/t17-,18+/m0/s1. The summed E-state index contributed by atoms with van der Waals surface area (Å²) in [5.41, 5.74) is 2.14. The maximum atomic E-state index is 9.82. The summed E-state index contributed by atoms with van der Waals surface area (Å²) >= 11 is 0. The SMILES string of the molecule is CN1CCCN(C[C@@H]2C[C@@H](CO)CN(Cc3nc4ccccc4[nH]3)C2)CC1. The molecule has 1 aromatic carbocycles. The Bertz CT molecular complexity index is 699. The largest absolute Gasteiger partial charge is 0.396 e. The quantitative estimate of drug-likeness (QED) is 0.837. The fraction of sp³-hybridized carbons (Fsp3) is 0.667. The van der Waals surface area contributed by atoms with Gasteiger partial charge in [0.25, 0.3) is 0 Å². The second-order valence-corrected chi connectivity index (χ2v) is 8.50. The maximum absolute atomic E-state index is 9.82. The molecule has 0 amide bonds. The number of aliphatic hydroxyl groups excluding tert-OH is 1. The van der Waals surface area contributed by atoms with E-state index in [1.807, 2.05) is 12.1 Å². The molecular weight excluding hydrogens is 338 g/mol. The molecule has 0 aliphatic carbocycles. The summed E-state index contributed by atoms with van der Waals surface area (Å²) in [7, 11) is 2.22. The smallest absolute Gasteiger partial charge is 0.121 e. The highest BCUT2D eigenvalue weighted by Crippen LogP contribution is 2.24. The van der Waals surface area contributed by atoms with Crippen LogP contribution in [-0.4, -0.2) is 89.2 Å². The van der Waals surface area contributed by atoms with Crippen molar-refractivity contribution < 1.29 is 5.11 Å². The summed E-state index contributed by atoms with van der Waals surface area (Å²) in [4.78, 5) is 15.7. The van der Waals surface area contributed by atoms with Crippen LogP contribution in [0.25, 0.3) is 11.0 Å². The lowest BCUT2D eigenvalue weighted by Crippen LogP contribution is -2.45. The van der Waals surface area contributed by atoms with E-state index in [9.17, 15) is 5.11 Å². The van der Waals surface area contributed by atoms with E-state index >= 15 is 0 Å². The number of aromatic nitrogens is 2. The molecule has 6 heteroatoms. The summed E-state index contributed by atoms with van der Waals surface area (Å²) in [5.74, 6) is 2.04. The van der Waals surface area contributed by atoms with Gasteiger partial charge < -0.3 is 19.9 Å². The molecule has 0 unspecified atom stereocenters. The first-order chi connectivity index (χ1) is 13.2. The zero-order chi connectivity index (χ0) is 18.6. The fourth-order valence-corrected chi connectivity index (χ4v) is 4.76. The number of nitrogens with one attached hydrogen (secondary N) is 1. The summed E-state index contributed by atoms with van der Waals surface area (Å²) in [6, 6.07) is 8.21. The third-order valence-electron chi connectivity index (χ3n) is 6.10. The second-order valence-electron chi connectivity index (χ2n) is 8.50. The van der Waals surface area contributed by atoms with Crippen LogP contribution in [0.2, 0.25) is 0 Å². The Kier molecular flexibility index (Phi) is 6.08. The zero-order valence-corrected chi connectivity index (χ0v) is 16.5. The van der Waals surface area contributed by atoms with Gasteiger partial charge in [-0.15, -0.1) is 0 Å². The minimum Gasteiger partial charge on any atom is -0.396 e. The summed E-state index contributed by atoms with van der Waals surface area (Å²) in [6.45, 7) is 9.08. The van der Waals surface area contributed by atoms with Gasteiger partial charge in [-0.2, -0.15) is 0 Å². The number of fused-ring (bicyclic) bond motifs is 1. The number of rotatable bonds is 5. The highest BCUT2D eigenvalue weighted by molar-refractivity contribution is 5.74. The van der Waals surface area contributed by atoms with Crippen molar-refractivity contribution in [3.8, 4) is 0 Å². The number of nitrogens with zero attached hydrogens (tertiary/aromatic N) is 4. The molecular formula is C21H33N5O. The first-order valence-corrected chi connectivity index (χ1v) is 10.4. The molecule has 2 fully saturated rings. The normalized spacial score (nSPS) is 26.4. The molecule has 3 heterocycles. The lowest BCUT2D eigenvalue weighted by molar-refractivity contribution is 0.0615. The Morgan fingerprint density at radius 3 is 2.78 bits per heavy atom. The Labute approximate surface area is 162 Å². The van der Waals surface area contributed by atoms with E-state index in [4.69, 9.17) is 4.98 Å². The molecule has 0 spiro atoms. The van der Waals surface area contributed by atoms with Gasteiger partial charge in [0.2, 0.25) is 0 Å². The van der Waals surface area contributed by atoms with Crippen molar-refractivity contribution in [3.63, 3.8) is 0 Å². The van der Waals surface area contributed by atoms with E-state index < -0.39 is 0 Å². The number of hydrogen-bond donors (Lipinski definition) is 2. The number of aromatic amines is 1. The molecule has 2 aliphatic heterocycles. The van der Waals surface area contributed by atoms with Crippen LogP contribution in [0.15, 0.2) is 24.3 Å².